The van der Waals surface area contributed by atoms with Gasteiger partial charge in [-0.3, -0.25) is 4.79 Å². The Labute approximate surface area is 142 Å². The average Bonchev–Trinajstić information content (AvgIpc) is 2.55. The summed E-state index contributed by atoms with van der Waals surface area (Å²) in [6.45, 7) is 3.87. The molecule has 1 saturated carbocycles. The number of ether oxygens (including phenoxy) is 1. The third kappa shape index (κ3) is 3.86. The highest BCUT2D eigenvalue weighted by molar-refractivity contribution is 6.31. The zero-order chi connectivity index (χ0) is 17.0. The van der Waals surface area contributed by atoms with Gasteiger partial charge in [-0.1, -0.05) is 36.9 Å². The standard InChI is InChI=1S/C18H24ClNO3/c1-12-7-8-15(19)13(2)14(12)11-16(21)20-18(17(22)23-3)9-5-4-6-10-18/h7-8H,4-6,9-11H2,1-3H3,(H,20,21). The minimum atomic E-state index is -0.871. The lowest BCUT2D eigenvalue weighted by Gasteiger charge is -2.35. The number of carbonyl (C=O) groups excluding carboxylic acids is 2. The highest BCUT2D eigenvalue weighted by Gasteiger charge is 2.41. The number of amides is 1. The van der Waals surface area contributed by atoms with Crippen LogP contribution >= 0.6 is 11.6 Å². The van der Waals surface area contributed by atoms with Crippen LogP contribution in [-0.4, -0.2) is 24.5 Å². The van der Waals surface area contributed by atoms with Crippen LogP contribution in [0.3, 0.4) is 0 Å². The van der Waals surface area contributed by atoms with E-state index < -0.39 is 5.54 Å². The highest BCUT2D eigenvalue weighted by atomic mass is 35.5. The van der Waals surface area contributed by atoms with Crippen LogP contribution in [-0.2, 0) is 20.7 Å². The van der Waals surface area contributed by atoms with Crippen LogP contribution in [0, 0.1) is 13.8 Å². The van der Waals surface area contributed by atoms with Crippen LogP contribution in [0.5, 0.6) is 0 Å². The third-order valence-electron chi connectivity index (χ3n) is 4.77. The molecule has 1 aromatic carbocycles. The Morgan fingerprint density at radius 1 is 1.22 bits per heavy atom. The predicted octanol–water partition coefficient (Wildman–Crippen LogP) is 3.49. The summed E-state index contributed by atoms with van der Waals surface area (Å²) in [5.74, 6) is -0.504. The minimum Gasteiger partial charge on any atom is -0.467 e. The molecule has 0 spiro atoms. The van der Waals surface area contributed by atoms with Gasteiger partial charge < -0.3 is 10.1 Å². The molecule has 23 heavy (non-hydrogen) atoms. The van der Waals surface area contributed by atoms with Crippen LogP contribution in [0.4, 0.5) is 0 Å². The van der Waals surface area contributed by atoms with Crippen LogP contribution < -0.4 is 5.32 Å². The lowest BCUT2D eigenvalue weighted by molar-refractivity contribution is -0.152. The number of nitrogens with one attached hydrogen (secondary N) is 1. The largest absolute Gasteiger partial charge is 0.467 e. The molecule has 0 heterocycles. The summed E-state index contributed by atoms with van der Waals surface area (Å²) < 4.78 is 4.94. The van der Waals surface area contributed by atoms with E-state index in [0.717, 1.165) is 36.0 Å². The third-order valence-corrected chi connectivity index (χ3v) is 5.18. The maximum atomic E-state index is 12.6. The zero-order valence-corrected chi connectivity index (χ0v) is 14.8. The van der Waals surface area contributed by atoms with Gasteiger partial charge in [0.15, 0.2) is 0 Å². The minimum absolute atomic E-state index is 0.161. The van der Waals surface area contributed by atoms with Crippen LogP contribution in [0.1, 0.15) is 48.8 Å². The fourth-order valence-electron chi connectivity index (χ4n) is 3.34. The second-order valence-electron chi connectivity index (χ2n) is 6.33. The Hall–Kier alpha value is -1.55. The molecule has 0 bridgehead atoms. The van der Waals surface area contributed by atoms with Crippen molar-refractivity contribution in [2.75, 3.05) is 7.11 Å². The van der Waals surface area contributed by atoms with Gasteiger partial charge in [-0.25, -0.2) is 4.79 Å². The number of benzene rings is 1. The molecule has 0 saturated heterocycles. The summed E-state index contributed by atoms with van der Waals surface area (Å²) in [5, 5.41) is 3.60. The van der Waals surface area contributed by atoms with Crippen LogP contribution in [0.2, 0.25) is 5.02 Å². The topological polar surface area (TPSA) is 55.4 Å². The van der Waals surface area contributed by atoms with Gasteiger partial charge in [0.25, 0.3) is 0 Å². The molecule has 0 aromatic heterocycles. The van der Waals surface area contributed by atoms with Gasteiger partial charge in [0.1, 0.15) is 5.54 Å². The van der Waals surface area contributed by atoms with Crippen molar-refractivity contribution in [1.29, 1.82) is 0 Å². The Bertz CT molecular complexity index is 607. The number of esters is 1. The van der Waals surface area contributed by atoms with E-state index in [2.05, 4.69) is 5.32 Å². The van der Waals surface area contributed by atoms with Gasteiger partial charge in [-0.05, 0) is 49.4 Å². The van der Waals surface area contributed by atoms with Crippen LogP contribution in [0.25, 0.3) is 0 Å². The predicted molar refractivity (Wildman–Crippen MR) is 90.6 cm³/mol. The Kier molecular flexibility index (Phi) is 5.69. The van der Waals surface area contributed by atoms with Crippen molar-refractivity contribution in [2.45, 2.75) is 57.9 Å². The number of halogens is 1. The van der Waals surface area contributed by atoms with Crippen molar-refractivity contribution in [3.05, 3.63) is 33.8 Å². The highest BCUT2D eigenvalue weighted by Crippen LogP contribution is 2.30. The molecular formula is C18H24ClNO3. The first kappa shape index (κ1) is 17.8. The molecule has 2 rings (SSSR count). The van der Waals surface area contributed by atoms with E-state index in [0.29, 0.717) is 17.9 Å². The quantitative estimate of drug-likeness (QED) is 0.856. The maximum Gasteiger partial charge on any atom is 0.331 e. The van der Waals surface area contributed by atoms with Crippen LogP contribution in [0.15, 0.2) is 12.1 Å². The number of hydrogen-bond acceptors (Lipinski definition) is 3. The van der Waals surface area contributed by atoms with E-state index in [4.69, 9.17) is 16.3 Å². The Morgan fingerprint density at radius 2 is 1.87 bits per heavy atom. The van der Waals surface area contributed by atoms with Crippen molar-refractivity contribution in [2.24, 2.45) is 0 Å². The molecule has 0 unspecified atom stereocenters. The smallest absolute Gasteiger partial charge is 0.331 e. The molecule has 0 radical (unpaired) electrons. The lowest BCUT2D eigenvalue weighted by Crippen LogP contribution is -2.56. The molecule has 0 atom stereocenters. The molecule has 1 amide bonds. The van der Waals surface area contributed by atoms with Crippen molar-refractivity contribution in [3.63, 3.8) is 0 Å². The number of methoxy groups -OCH3 is 1. The molecule has 1 N–H and O–H groups in total. The fraction of sp³-hybridized carbons (Fsp3) is 0.556. The summed E-state index contributed by atoms with van der Waals surface area (Å²) >= 11 is 6.16. The van der Waals surface area contributed by atoms with Gasteiger partial charge in [-0.2, -0.15) is 0 Å². The molecule has 1 aliphatic carbocycles. The van der Waals surface area contributed by atoms with Crippen molar-refractivity contribution in [1.82, 2.24) is 5.32 Å². The summed E-state index contributed by atoms with van der Waals surface area (Å²) in [4.78, 5) is 24.8. The van der Waals surface area contributed by atoms with Crippen molar-refractivity contribution < 1.29 is 14.3 Å². The first-order chi connectivity index (χ1) is 10.9. The average molecular weight is 338 g/mol. The van der Waals surface area contributed by atoms with Gasteiger partial charge >= 0.3 is 5.97 Å². The van der Waals surface area contributed by atoms with Crippen molar-refractivity contribution >= 4 is 23.5 Å². The SMILES string of the molecule is COC(=O)C1(NC(=O)Cc2c(C)ccc(Cl)c2C)CCCCC1. The monoisotopic (exact) mass is 337 g/mol. The van der Waals surface area contributed by atoms with Gasteiger partial charge in [-0.15, -0.1) is 0 Å². The fourth-order valence-corrected chi connectivity index (χ4v) is 3.52. The number of rotatable bonds is 4. The lowest BCUT2D eigenvalue weighted by atomic mass is 9.81. The molecular weight excluding hydrogens is 314 g/mol. The molecule has 1 fully saturated rings. The van der Waals surface area contributed by atoms with E-state index >= 15 is 0 Å². The normalized spacial score (nSPS) is 16.7. The molecule has 0 aliphatic heterocycles. The number of aryl methyl sites for hydroxylation is 1. The summed E-state index contributed by atoms with van der Waals surface area (Å²) in [6.07, 6.45) is 4.42. The molecule has 5 heteroatoms. The number of hydrogen-bond donors (Lipinski definition) is 1. The van der Waals surface area contributed by atoms with E-state index in [1.807, 2.05) is 26.0 Å². The Morgan fingerprint density at radius 3 is 2.48 bits per heavy atom. The van der Waals surface area contributed by atoms with Gasteiger partial charge in [0.05, 0.1) is 13.5 Å². The van der Waals surface area contributed by atoms with Gasteiger partial charge in [0.2, 0.25) is 5.91 Å². The second kappa shape index (κ2) is 7.35. The summed E-state index contributed by atoms with van der Waals surface area (Å²) in [7, 11) is 1.37. The molecule has 4 nitrogen and oxygen atoms in total. The van der Waals surface area contributed by atoms with E-state index in [-0.39, 0.29) is 18.3 Å². The summed E-state index contributed by atoms with van der Waals surface area (Å²) in [5.41, 5.74) is 1.99. The maximum absolute atomic E-state index is 12.6. The van der Waals surface area contributed by atoms with Gasteiger partial charge in [0, 0.05) is 5.02 Å². The van der Waals surface area contributed by atoms with Crippen molar-refractivity contribution in [3.8, 4) is 0 Å². The Balaban J connectivity index is 2.17. The summed E-state index contributed by atoms with van der Waals surface area (Å²) in [6, 6.07) is 3.75. The zero-order valence-electron chi connectivity index (χ0n) is 14.0. The van der Waals surface area contributed by atoms with E-state index in [1.54, 1.807) is 0 Å². The molecule has 1 aromatic rings. The first-order valence-electron chi connectivity index (χ1n) is 8.03. The first-order valence-corrected chi connectivity index (χ1v) is 8.41. The second-order valence-corrected chi connectivity index (χ2v) is 6.73. The molecule has 126 valence electrons. The number of carbonyl (C=O) groups is 2. The van der Waals surface area contributed by atoms with E-state index in [9.17, 15) is 9.59 Å². The van der Waals surface area contributed by atoms with E-state index in [1.165, 1.54) is 7.11 Å². The molecule has 1 aliphatic rings.